The van der Waals surface area contributed by atoms with Gasteiger partial charge in [-0.15, -0.1) is 0 Å². The zero-order valence-corrected chi connectivity index (χ0v) is 13.5. The van der Waals surface area contributed by atoms with Crippen molar-refractivity contribution in [2.75, 3.05) is 24.1 Å². The van der Waals surface area contributed by atoms with E-state index >= 15 is 0 Å². The van der Waals surface area contributed by atoms with Crippen LogP contribution in [0.15, 0.2) is 54.6 Å². The van der Waals surface area contributed by atoms with Crippen LogP contribution in [0.3, 0.4) is 0 Å². The molecule has 0 aliphatic carbocycles. The normalized spacial score (nSPS) is 10.8. The van der Waals surface area contributed by atoms with Gasteiger partial charge in [0.25, 0.3) is 5.91 Å². The van der Waals surface area contributed by atoms with E-state index in [9.17, 15) is 13.2 Å². The smallest absolute Gasteiger partial charge is 0.251 e. The van der Waals surface area contributed by atoms with Gasteiger partial charge >= 0.3 is 0 Å². The number of nitrogens with one attached hydrogen (secondary N) is 2. The molecule has 2 aromatic rings. The number of para-hydroxylation sites is 1. The quantitative estimate of drug-likeness (QED) is 0.757. The summed E-state index contributed by atoms with van der Waals surface area (Å²) < 4.78 is 30.0. The summed E-state index contributed by atoms with van der Waals surface area (Å²) in [4.78, 5) is 11.9. The molecule has 7 heteroatoms. The third-order valence-electron chi connectivity index (χ3n) is 2.85. The molecule has 0 bridgehead atoms. The molecular weight excluding hydrogens is 316 g/mol. The first kappa shape index (κ1) is 16.8. The Hall–Kier alpha value is -2.54. The van der Waals surface area contributed by atoms with Gasteiger partial charge in [0.05, 0.1) is 12.8 Å². The Bertz CT molecular complexity index is 743. The number of carbonyl (C=O) groups excluding carboxylic acids is 1. The first-order chi connectivity index (χ1) is 10.9. The topological polar surface area (TPSA) is 84.5 Å². The fraction of sp³-hybridized carbons (Fsp3) is 0.188. The highest BCUT2D eigenvalue weighted by molar-refractivity contribution is 7.92. The van der Waals surface area contributed by atoms with Crippen LogP contribution in [0, 0.1) is 0 Å². The highest BCUT2D eigenvalue weighted by Gasteiger charge is 2.06. The summed E-state index contributed by atoms with van der Waals surface area (Å²) in [5.74, 6) is 0.505. The van der Waals surface area contributed by atoms with Gasteiger partial charge in [0.15, 0.2) is 0 Å². The molecule has 0 unspecified atom stereocenters. The van der Waals surface area contributed by atoms with Crippen LogP contribution >= 0.6 is 0 Å². The van der Waals surface area contributed by atoms with Crippen molar-refractivity contribution in [3.8, 4) is 5.75 Å². The summed E-state index contributed by atoms with van der Waals surface area (Å²) in [5, 5.41) is 2.73. The number of hydrogen-bond donors (Lipinski definition) is 2. The van der Waals surface area contributed by atoms with Gasteiger partial charge in [-0.05, 0) is 36.4 Å². The molecule has 0 spiro atoms. The van der Waals surface area contributed by atoms with Crippen molar-refractivity contribution in [2.24, 2.45) is 0 Å². The Morgan fingerprint density at radius 2 is 1.70 bits per heavy atom. The van der Waals surface area contributed by atoms with Crippen LogP contribution in [0.4, 0.5) is 5.69 Å². The molecule has 0 saturated heterocycles. The molecular formula is C16H18N2O4S. The highest BCUT2D eigenvalue weighted by Crippen LogP contribution is 2.11. The number of ether oxygens (including phenoxy) is 1. The number of rotatable bonds is 7. The van der Waals surface area contributed by atoms with E-state index in [1.54, 1.807) is 12.1 Å². The van der Waals surface area contributed by atoms with Crippen LogP contribution in [0.5, 0.6) is 5.75 Å². The van der Waals surface area contributed by atoms with Crippen LogP contribution in [0.25, 0.3) is 0 Å². The Balaban J connectivity index is 1.79. The lowest BCUT2D eigenvalue weighted by Crippen LogP contribution is -2.28. The third kappa shape index (κ3) is 5.99. The van der Waals surface area contributed by atoms with Crippen LogP contribution < -0.4 is 14.8 Å². The van der Waals surface area contributed by atoms with Gasteiger partial charge in [-0.3, -0.25) is 9.52 Å². The molecule has 0 heterocycles. The molecule has 0 fully saturated rings. The molecule has 23 heavy (non-hydrogen) atoms. The van der Waals surface area contributed by atoms with Crippen LogP contribution in [-0.2, 0) is 10.0 Å². The second-order valence-corrected chi connectivity index (χ2v) is 6.62. The molecule has 1 amide bonds. The minimum atomic E-state index is -3.32. The summed E-state index contributed by atoms with van der Waals surface area (Å²) in [6.07, 6.45) is 1.07. The Morgan fingerprint density at radius 1 is 1.04 bits per heavy atom. The van der Waals surface area contributed by atoms with Gasteiger partial charge in [0.1, 0.15) is 12.4 Å². The summed E-state index contributed by atoms with van der Waals surface area (Å²) in [6.45, 7) is 0.737. The van der Waals surface area contributed by atoms with Crippen molar-refractivity contribution < 1.29 is 17.9 Å². The van der Waals surface area contributed by atoms with E-state index in [2.05, 4.69) is 10.0 Å². The Kier molecular flexibility index (Phi) is 5.59. The lowest BCUT2D eigenvalue weighted by Gasteiger charge is -2.08. The van der Waals surface area contributed by atoms with Crippen molar-refractivity contribution in [2.45, 2.75) is 0 Å². The summed E-state index contributed by atoms with van der Waals surface area (Å²) >= 11 is 0. The molecule has 2 rings (SSSR count). The highest BCUT2D eigenvalue weighted by atomic mass is 32.2. The predicted molar refractivity (Wildman–Crippen MR) is 89.2 cm³/mol. The maximum Gasteiger partial charge on any atom is 0.251 e. The second kappa shape index (κ2) is 7.64. The minimum Gasteiger partial charge on any atom is -0.492 e. The molecule has 0 aliphatic heterocycles. The number of amides is 1. The fourth-order valence-electron chi connectivity index (χ4n) is 1.86. The Morgan fingerprint density at radius 3 is 2.30 bits per heavy atom. The van der Waals surface area contributed by atoms with Crippen LogP contribution in [-0.4, -0.2) is 33.7 Å². The Labute approximate surface area is 135 Å². The van der Waals surface area contributed by atoms with Crippen LogP contribution in [0.1, 0.15) is 10.4 Å². The average molecular weight is 334 g/mol. The molecule has 0 radical (unpaired) electrons. The predicted octanol–water partition coefficient (Wildman–Crippen LogP) is 1.87. The van der Waals surface area contributed by atoms with Crippen molar-refractivity contribution >= 4 is 21.6 Å². The van der Waals surface area contributed by atoms with Gasteiger partial charge in [0, 0.05) is 11.3 Å². The van der Waals surface area contributed by atoms with Crippen molar-refractivity contribution in [3.05, 3.63) is 60.2 Å². The monoisotopic (exact) mass is 334 g/mol. The minimum absolute atomic E-state index is 0.243. The molecule has 2 N–H and O–H groups in total. The maximum absolute atomic E-state index is 11.9. The van der Waals surface area contributed by atoms with Gasteiger partial charge in [-0.1, -0.05) is 18.2 Å². The van der Waals surface area contributed by atoms with Gasteiger partial charge in [0.2, 0.25) is 10.0 Å². The van der Waals surface area contributed by atoms with E-state index in [4.69, 9.17) is 4.74 Å². The maximum atomic E-state index is 11.9. The molecule has 0 atom stereocenters. The third-order valence-corrected chi connectivity index (χ3v) is 3.46. The van der Waals surface area contributed by atoms with E-state index in [1.165, 1.54) is 12.1 Å². The zero-order chi connectivity index (χ0) is 16.7. The molecule has 0 saturated carbocycles. The molecule has 0 aliphatic rings. The fourth-order valence-corrected chi connectivity index (χ4v) is 2.42. The second-order valence-electron chi connectivity index (χ2n) is 4.87. The molecule has 122 valence electrons. The summed E-state index contributed by atoms with van der Waals surface area (Å²) in [5.41, 5.74) is 0.861. The molecule has 6 nitrogen and oxygen atoms in total. The van der Waals surface area contributed by atoms with Crippen molar-refractivity contribution in [1.29, 1.82) is 0 Å². The first-order valence-electron chi connectivity index (χ1n) is 6.98. The average Bonchev–Trinajstić information content (AvgIpc) is 2.51. The molecule has 2 aromatic carbocycles. The van der Waals surface area contributed by atoms with Gasteiger partial charge in [-0.25, -0.2) is 8.42 Å². The van der Waals surface area contributed by atoms with E-state index in [-0.39, 0.29) is 5.91 Å². The number of hydrogen-bond acceptors (Lipinski definition) is 4. The SMILES string of the molecule is CS(=O)(=O)Nc1ccc(C(=O)NCCOc2ccccc2)cc1. The van der Waals surface area contributed by atoms with E-state index in [1.807, 2.05) is 30.3 Å². The number of sulfonamides is 1. The van der Waals surface area contributed by atoms with Crippen LogP contribution in [0.2, 0.25) is 0 Å². The lowest BCUT2D eigenvalue weighted by molar-refractivity contribution is 0.0947. The van der Waals surface area contributed by atoms with Crippen molar-refractivity contribution in [1.82, 2.24) is 5.32 Å². The van der Waals surface area contributed by atoms with Gasteiger partial charge < -0.3 is 10.1 Å². The van der Waals surface area contributed by atoms with E-state index < -0.39 is 10.0 Å². The van der Waals surface area contributed by atoms with E-state index in [0.29, 0.717) is 24.4 Å². The first-order valence-corrected chi connectivity index (χ1v) is 8.87. The van der Waals surface area contributed by atoms with E-state index in [0.717, 1.165) is 12.0 Å². The standard InChI is InChI=1S/C16H18N2O4S/c1-23(20,21)18-14-9-7-13(8-10-14)16(19)17-11-12-22-15-5-3-2-4-6-15/h2-10,18H,11-12H2,1H3,(H,17,19). The number of benzene rings is 2. The summed E-state index contributed by atoms with van der Waals surface area (Å²) in [6, 6.07) is 15.5. The van der Waals surface area contributed by atoms with Crippen molar-refractivity contribution in [3.63, 3.8) is 0 Å². The zero-order valence-electron chi connectivity index (χ0n) is 12.7. The lowest BCUT2D eigenvalue weighted by atomic mass is 10.2. The number of anilines is 1. The summed E-state index contributed by atoms with van der Waals surface area (Å²) in [7, 11) is -3.32. The molecule has 0 aromatic heterocycles. The largest absolute Gasteiger partial charge is 0.492 e. The number of carbonyl (C=O) groups is 1. The van der Waals surface area contributed by atoms with Gasteiger partial charge in [-0.2, -0.15) is 0 Å².